The van der Waals surface area contributed by atoms with Gasteiger partial charge in [0, 0.05) is 19.2 Å². The van der Waals surface area contributed by atoms with E-state index in [4.69, 9.17) is 10.5 Å². The van der Waals surface area contributed by atoms with Gasteiger partial charge in [-0.05, 0) is 25.3 Å². The number of ether oxygens (including phenoxy) is 1. The fourth-order valence-corrected chi connectivity index (χ4v) is 2.56. The van der Waals surface area contributed by atoms with Gasteiger partial charge in [-0.25, -0.2) is 4.39 Å². The van der Waals surface area contributed by atoms with Crippen molar-refractivity contribution in [2.45, 2.75) is 12.8 Å². The Morgan fingerprint density at radius 1 is 1.60 bits per heavy atom. The van der Waals surface area contributed by atoms with E-state index in [1.165, 1.54) is 13.2 Å². The van der Waals surface area contributed by atoms with Gasteiger partial charge in [0.2, 0.25) is 0 Å². The number of methoxy groups -OCH3 is 1. The fraction of sp³-hybridized carbons (Fsp3) is 0.538. The summed E-state index contributed by atoms with van der Waals surface area (Å²) in [5.74, 6) is -0.407. The summed E-state index contributed by atoms with van der Waals surface area (Å²) in [7, 11) is 1.34. The highest BCUT2D eigenvalue weighted by Crippen LogP contribution is 2.36. The van der Waals surface area contributed by atoms with Gasteiger partial charge in [0.15, 0.2) is 11.6 Å². The minimum Gasteiger partial charge on any atom is -0.494 e. The summed E-state index contributed by atoms with van der Waals surface area (Å²) in [6.07, 6.45) is 1.93. The molecule has 0 radical (unpaired) electrons. The van der Waals surface area contributed by atoms with Crippen LogP contribution < -0.4 is 15.4 Å². The lowest BCUT2D eigenvalue weighted by molar-refractivity contribution is -0.384. The van der Waals surface area contributed by atoms with Crippen molar-refractivity contribution < 1.29 is 14.1 Å². The summed E-state index contributed by atoms with van der Waals surface area (Å²) in [6, 6.07) is 2.31. The number of nitrogens with zero attached hydrogens (tertiary/aromatic N) is 2. The van der Waals surface area contributed by atoms with Crippen molar-refractivity contribution in [1.82, 2.24) is 0 Å². The average Bonchev–Trinajstić information content (AvgIpc) is 2.46. The molecule has 1 aromatic carbocycles. The number of halogens is 1. The summed E-state index contributed by atoms with van der Waals surface area (Å²) < 4.78 is 18.5. The van der Waals surface area contributed by atoms with Gasteiger partial charge >= 0.3 is 0 Å². The highest BCUT2D eigenvalue weighted by Gasteiger charge is 2.27. The smallest absolute Gasteiger partial charge is 0.295 e. The second-order valence-corrected chi connectivity index (χ2v) is 4.92. The highest BCUT2D eigenvalue weighted by molar-refractivity contribution is 5.66. The van der Waals surface area contributed by atoms with Crippen LogP contribution >= 0.6 is 0 Å². The largest absolute Gasteiger partial charge is 0.494 e. The molecule has 0 aliphatic carbocycles. The molecule has 0 amide bonds. The first-order chi connectivity index (χ1) is 9.56. The monoisotopic (exact) mass is 283 g/mol. The van der Waals surface area contributed by atoms with Gasteiger partial charge in [-0.15, -0.1) is 0 Å². The third-order valence-electron chi connectivity index (χ3n) is 3.64. The Kier molecular flexibility index (Phi) is 4.39. The lowest BCUT2D eigenvalue weighted by atomic mass is 9.97. The van der Waals surface area contributed by atoms with Crippen LogP contribution in [0.3, 0.4) is 0 Å². The fourth-order valence-electron chi connectivity index (χ4n) is 2.56. The molecule has 0 aromatic heterocycles. The van der Waals surface area contributed by atoms with E-state index in [9.17, 15) is 14.5 Å². The molecule has 110 valence electrons. The zero-order valence-electron chi connectivity index (χ0n) is 11.3. The molecule has 1 atom stereocenters. The molecular formula is C13H18FN3O3. The summed E-state index contributed by atoms with van der Waals surface area (Å²) in [5, 5.41) is 11.1. The molecule has 1 unspecified atom stereocenters. The molecule has 1 aromatic rings. The van der Waals surface area contributed by atoms with Crippen LogP contribution in [0.1, 0.15) is 12.8 Å². The maximum atomic E-state index is 13.6. The van der Waals surface area contributed by atoms with Gasteiger partial charge in [-0.1, -0.05) is 0 Å². The minimum absolute atomic E-state index is 0.0143. The van der Waals surface area contributed by atoms with Gasteiger partial charge in [0.05, 0.1) is 18.1 Å². The van der Waals surface area contributed by atoms with Crippen LogP contribution in [0.4, 0.5) is 15.8 Å². The summed E-state index contributed by atoms with van der Waals surface area (Å²) in [5.41, 5.74) is 5.84. The second-order valence-electron chi connectivity index (χ2n) is 4.92. The number of hydrogen-bond donors (Lipinski definition) is 1. The third-order valence-corrected chi connectivity index (χ3v) is 3.64. The van der Waals surface area contributed by atoms with E-state index in [2.05, 4.69) is 0 Å². The van der Waals surface area contributed by atoms with Gasteiger partial charge in [-0.3, -0.25) is 10.1 Å². The molecule has 1 aliphatic heterocycles. The quantitative estimate of drug-likeness (QED) is 0.674. The number of rotatable bonds is 4. The third kappa shape index (κ3) is 2.82. The molecule has 0 saturated carbocycles. The van der Waals surface area contributed by atoms with E-state index in [0.717, 1.165) is 18.9 Å². The molecule has 20 heavy (non-hydrogen) atoms. The molecule has 2 N–H and O–H groups in total. The number of nitro groups is 1. The molecule has 1 aliphatic rings. The Hall–Kier alpha value is -1.89. The second kappa shape index (κ2) is 6.04. The van der Waals surface area contributed by atoms with Gasteiger partial charge in [0.25, 0.3) is 5.69 Å². The maximum absolute atomic E-state index is 13.6. The topological polar surface area (TPSA) is 81.6 Å². The minimum atomic E-state index is -0.727. The standard InChI is InChI=1S/C13H18FN3O3/c1-20-13-6-11(12(17(18)19)5-10(13)14)16-4-2-3-9(7-15)8-16/h5-6,9H,2-4,7-8,15H2,1H3. The summed E-state index contributed by atoms with van der Waals surface area (Å²) >= 11 is 0. The summed E-state index contributed by atoms with van der Waals surface area (Å²) in [4.78, 5) is 12.4. The van der Waals surface area contributed by atoms with Crippen LogP contribution in [0.2, 0.25) is 0 Å². The van der Waals surface area contributed by atoms with E-state index >= 15 is 0 Å². The molecule has 1 heterocycles. The Morgan fingerprint density at radius 2 is 2.35 bits per heavy atom. The molecule has 7 heteroatoms. The van der Waals surface area contributed by atoms with E-state index in [0.29, 0.717) is 31.2 Å². The molecule has 0 bridgehead atoms. The molecule has 2 rings (SSSR count). The van der Waals surface area contributed by atoms with Crippen LogP contribution in [0.25, 0.3) is 0 Å². The lowest BCUT2D eigenvalue weighted by Crippen LogP contribution is -2.38. The number of piperidine rings is 1. The zero-order chi connectivity index (χ0) is 14.7. The van der Waals surface area contributed by atoms with Crippen LogP contribution in [0.5, 0.6) is 5.75 Å². The van der Waals surface area contributed by atoms with E-state index < -0.39 is 10.7 Å². The predicted molar refractivity (Wildman–Crippen MR) is 73.6 cm³/mol. The molecule has 1 saturated heterocycles. The first-order valence-corrected chi connectivity index (χ1v) is 6.53. The summed E-state index contributed by atoms with van der Waals surface area (Å²) in [6.45, 7) is 1.89. The number of nitro benzene ring substituents is 1. The van der Waals surface area contributed by atoms with E-state index in [-0.39, 0.29) is 11.4 Å². The average molecular weight is 283 g/mol. The van der Waals surface area contributed by atoms with Crippen LogP contribution in [-0.2, 0) is 0 Å². The zero-order valence-corrected chi connectivity index (χ0v) is 11.3. The van der Waals surface area contributed by atoms with E-state index in [1.54, 1.807) is 0 Å². The Balaban J connectivity index is 2.40. The van der Waals surface area contributed by atoms with Crippen molar-refractivity contribution in [2.75, 3.05) is 31.6 Å². The van der Waals surface area contributed by atoms with Gasteiger partial charge < -0.3 is 15.4 Å². The Morgan fingerprint density at radius 3 is 2.95 bits per heavy atom. The van der Waals surface area contributed by atoms with Crippen molar-refractivity contribution in [1.29, 1.82) is 0 Å². The Bertz CT molecular complexity index is 510. The lowest BCUT2D eigenvalue weighted by Gasteiger charge is -2.33. The maximum Gasteiger partial charge on any atom is 0.295 e. The van der Waals surface area contributed by atoms with E-state index in [1.807, 2.05) is 4.90 Å². The number of anilines is 1. The first kappa shape index (κ1) is 14.5. The van der Waals surface area contributed by atoms with Crippen molar-refractivity contribution in [2.24, 2.45) is 11.7 Å². The Labute approximate surface area is 116 Å². The van der Waals surface area contributed by atoms with Crippen molar-refractivity contribution in [3.05, 3.63) is 28.1 Å². The molecular weight excluding hydrogens is 265 g/mol. The van der Waals surface area contributed by atoms with Gasteiger partial charge in [0.1, 0.15) is 5.69 Å². The SMILES string of the molecule is COc1cc(N2CCCC(CN)C2)c([N+](=O)[O-])cc1F. The number of benzene rings is 1. The van der Waals surface area contributed by atoms with Crippen molar-refractivity contribution >= 4 is 11.4 Å². The number of nitrogens with two attached hydrogens (primary N) is 1. The van der Waals surface area contributed by atoms with Crippen molar-refractivity contribution in [3.63, 3.8) is 0 Å². The normalized spacial score (nSPS) is 18.9. The molecule has 1 fully saturated rings. The van der Waals surface area contributed by atoms with Crippen LogP contribution in [0.15, 0.2) is 12.1 Å². The highest BCUT2D eigenvalue weighted by atomic mass is 19.1. The molecule has 6 nitrogen and oxygen atoms in total. The number of hydrogen-bond acceptors (Lipinski definition) is 5. The van der Waals surface area contributed by atoms with Crippen LogP contribution in [0, 0.1) is 21.8 Å². The van der Waals surface area contributed by atoms with Crippen molar-refractivity contribution in [3.8, 4) is 5.75 Å². The predicted octanol–water partition coefficient (Wildman–Crippen LogP) is 1.92. The molecule has 0 spiro atoms. The first-order valence-electron chi connectivity index (χ1n) is 6.53. The van der Waals surface area contributed by atoms with Gasteiger partial charge in [-0.2, -0.15) is 0 Å². The van der Waals surface area contributed by atoms with Crippen LogP contribution in [-0.4, -0.2) is 31.7 Å².